The van der Waals surface area contributed by atoms with Crippen molar-refractivity contribution < 1.29 is 0 Å². The van der Waals surface area contributed by atoms with Crippen molar-refractivity contribution in [2.45, 2.75) is 13.0 Å². The van der Waals surface area contributed by atoms with E-state index in [0.29, 0.717) is 6.04 Å². The minimum atomic E-state index is 0.399. The molecule has 2 aromatic carbocycles. The molecule has 0 fully saturated rings. The lowest BCUT2D eigenvalue weighted by atomic mass is 10.1. The lowest BCUT2D eigenvalue weighted by molar-refractivity contribution is 0.772. The van der Waals surface area contributed by atoms with E-state index < -0.39 is 0 Å². The van der Waals surface area contributed by atoms with Gasteiger partial charge in [0.25, 0.3) is 0 Å². The molecule has 0 radical (unpaired) electrons. The van der Waals surface area contributed by atoms with Crippen molar-refractivity contribution >= 4 is 17.1 Å². The van der Waals surface area contributed by atoms with Crippen molar-refractivity contribution in [2.75, 3.05) is 29.0 Å². The first-order valence-electron chi connectivity index (χ1n) is 6.71. The zero-order valence-electron chi connectivity index (χ0n) is 11.1. The Bertz CT molecular complexity index is 548. The highest BCUT2D eigenvalue weighted by atomic mass is 15.1. The fourth-order valence-electron chi connectivity index (χ4n) is 2.30. The van der Waals surface area contributed by atoms with Crippen LogP contribution in [0.15, 0.2) is 48.5 Å². The first-order valence-corrected chi connectivity index (χ1v) is 6.71. The molecule has 0 saturated carbocycles. The molecule has 0 saturated heterocycles. The first-order chi connectivity index (χ1) is 9.31. The minimum absolute atomic E-state index is 0.399. The SMILES string of the molecule is Cc1ccc(NCC2CNc3ccccc3N2)cc1. The normalized spacial score (nSPS) is 17.0. The number of nitrogens with one attached hydrogen (secondary N) is 3. The molecule has 0 bridgehead atoms. The Kier molecular flexibility index (Phi) is 3.27. The average molecular weight is 253 g/mol. The topological polar surface area (TPSA) is 36.1 Å². The van der Waals surface area contributed by atoms with Gasteiger partial charge >= 0.3 is 0 Å². The summed E-state index contributed by atoms with van der Waals surface area (Å²) in [6, 6.07) is 17.2. The van der Waals surface area contributed by atoms with Gasteiger partial charge in [-0.3, -0.25) is 0 Å². The van der Waals surface area contributed by atoms with E-state index in [4.69, 9.17) is 0 Å². The molecule has 0 amide bonds. The molecule has 1 aliphatic heterocycles. The predicted molar refractivity (Wildman–Crippen MR) is 82.0 cm³/mol. The van der Waals surface area contributed by atoms with Crippen LogP contribution >= 0.6 is 0 Å². The average Bonchev–Trinajstić information content (AvgIpc) is 2.46. The fraction of sp³-hybridized carbons (Fsp3) is 0.250. The largest absolute Gasteiger partial charge is 0.383 e. The fourth-order valence-corrected chi connectivity index (χ4v) is 2.30. The Morgan fingerprint density at radius 3 is 2.58 bits per heavy atom. The first kappa shape index (κ1) is 11.9. The Labute approximate surface area is 114 Å². The molecule has 1 unspecified atom stereocenters. The van der Waals surface area contributed by atoms with E-state index in [2.05, 4.69) is 71.4 Å². The molecule has 3 nitrogen and oxygen atoms in total. The summed E-state index contributed by atoms with van der Waals surface area (Å²) >= 11 is 0. The molecule has 0 spiro atoms. The lowest BCUT2D eigenvalue weighted by Crippen LogP contribution is -2.38. The van der Waals surface area contributed by atoms with E-state index in [0.717, 1.165) is 13.1 Å². The smallest absolute Gasteiger partial charge is 0.0607 e. The summed E-state index contributed by atoms with van der Waals surface area (Å²) in [5, 5.41) is 10.5. The second kappa shape index (κ2) is 5.22. The summed E-state index contributed by atoms with van der Waals surface area (Å²) in [7, 11) is 0. The van der Waals surface area contributed by atoms with E-state index in [9.17, 15) is 0 Å². The van der Waals surface area contributed by atoms with Gasteiger partial charge in [0, 0.05) is 18.8 Å². The molecule has 98 valence electrons. The number of para-hydroxylation sites is 2. The van der Waals surface area contributed by atoms with Gasteiger partial charge in [-0.1, -0.05) is 29.8 Å². The number of anilines is 3. The highest BCUT2D eigenvalue weighted by Crippen LogP contribution is 2.25. The molecule has 3 rings (SSSR count). The van der Waals surface area contributed by atoms with Gasteiger partial charge in [-0.2, -0.15) is 0 Å². The van der Waals surface area contributed by atoms with E-state index in [1.807, 2.05) is 0 Å². The molecule has 3 heteroatoms. The Morgan fingerprint density at radius 1 is 1.05 bits per heavy atom. The van der Waals surface area contributed by atoms with Gasteiger partial charge in [0.15, 0.2) is 0 Å². The Balaban J connectivity index is 1.59. The molecule has 3 N–H and O–H groups in total. The van der Waals surface area contributed by atoms with Gasteiger partial charge in [-0.15, -0.1) is 0 Å². The monoisotopic (exact) mass is 253 g/mol. The third-order valence-corrected chi connectivity index (χ3v) is 3.43. The third kappa shape index (κ3) is 2.81. The molecule has 0 aromatic heterocycles. The van der Waals surface area contributed by atoms with Crippen LogP contribution in [-0.2, 0) is 0 Å². The van der Waals surface area contributed by atoms with Crippen LogP contribution in [0.1, 0.15) is 5.56 Å². The van der Waals surface area contributed by atoms with Crippen LogP contribution in [0.3, 0.4) is 0 Å². The maximum atomic E-state index is 3.55. The van der Waals surface area contributed by atoms with Gasteiger partial charge in [0.05, 0.1) is 17.4 Å². The summed E-state index contributed by atoms with van der Waals surface area (Å²) < 4.78 is 0. The highest BCUT2D eigenvalue weighted by Gasteiger charge is 2.15. The number of hydrogen-bond acceptors (Lipinski definition) is 3. The van der Waals surface area contributed by atoms with E-state index in [1.54, 1.807) is 0 Å². The van der Waals surface area contributed by atoms with E-state index in [-0.39, 0.29) is 0 Å². The van der Waals surface area contributed by atoms with Crippen molar-refractivity contribution in [1.82, 2.24) is 0 Å². The number of rotatable bonds is 3. The molecule has 1 atom stereocenters. The van der Waals surface area contributed by atoms with Crippen LogP contribution in [0.4, 0.5) is 17.1 Å². The Hall–Kier alpha value is -2.16. The van der Waals surface area contributed by atoms with Crippen LogP contribution in [0.5, 0.6) is 0 Å². The van der Waals surface area contributed by atoms with Crippen molar-refractivity contribution in [3.05, 3.63) is 54.1 Å². The molecule has 0 aliphatic carbocycles. The second-order valence-electron chi connectivity index (χ2n) is 5.01. The summed E-state index contributed by atoms with van der Waals surface area (Å²) in [6.45, 7) is 3.95. The van der Waals surface area contributed by atoms with Gasteiger partial charge in [0.1, 0.15) is 0 Å². The van der Waals surface area contributed by atoms with Gasteiger partial charge in [-0.25, -0.2) is 0 Å². The number of aryl methyl sites for hydroxylation is 1. The zero-order valence-corrected chi connectivity index (χ0v) is 11.1. The van der Waals surface area contributed by atoms with Crippen molar-refractivity contribution in [1.29, 1.82) is 0 Å². The molecule has 1 heterocycles. The second-order valence-corrected chi connectivity index (χ2v) is 5.01. The van der Waals surface area contributed by atoms with Crippen LogP contribution in [0.2, 0.25) is 0 Å². The zero-order chi connectivity index (χ0) is 13.1. The number of benzene rings is 2. The molecule has 2 aromatic rings. The van der Waals surface area contributed by atoms with Gasteiger partial charge < -0.3 is 16.0 Å². The van der Waals surface area contributed by atoms with Gasteiger partial charge in [-0.05, 0) is 31.2 Å². The third-order valence-electron chi connectivity index (χ3n) is 3.43. The van der Waals surface area contributed by atoms with Crippen LogP contribution in [0, 0.1) is 6.92 Å². The molecular weight excluding hydrogens is 234 g/mol. The van der Waals surface area contributed by atoms with Crippen molar-refractivity contribution in [3.8, 4) is 0 Å². The number of fused-ring (bicyclic) bond motifs is 1. The van der Waals surface area contributed by atoms with Crippen molar-refractivity contribution in [3.63, 3.8) is 0 Å². The summed E-state index contributed by atoms with van der Waals surface area (Å²) in [6.07, 6.45) is 0. The summed E-state index contributed by atoms with van der Waals surface area (Å²) in [4.78, 5) is 0. The Morgan fingerprint density at radius 2 is 1.79 bits per heavy atom. The highest BCUT2D eigenvalue weighted by molar-refractivity contribution is 5.71. The summed E-state index contributed by atoms with van der Waals surface area (Å²) in [5.74, 6) is 0. The molecule has 19 heavy (non-hydrogen) atoms. The quantitative estimate of drug-likeness (QED) is 0.785. The van der Waals surface area contributed by atoms with Crippen LogP contribution in [-0.4, -0.2) is 19.1 Å². The maximum absolute atomic E-state index is 3.55. The van der Waals surface area contributed by atoms with Crippen LogP contribution in [0.25, 0.3) is 0 Å². The predicted octanol–water partition coefficient (Wildman–Crippen LogP) is 3.31. The van der Waals surface area contributed by atoms with E-state index in [1.165, 1.54) is 22.6 Å². The maximum Gasteiger partial charge on any atom is 0.0607 e. The minimum Gasteiger partial charge on any atom is -0.383 e. The summed E-state index contributed by atoms with van der Waals surface area (Å²) in [5.41, 5.74) is 4.83. The number of hydrogen-bond donors (Lipinski definition) is 3. The lowest BCUT2D eigenvalue weighted by Gasteiger charge is -2.28. The molecular formula is C16H19N3. The van der Waals surface area contributed by atoms with Gasteiger partial charge in [0.2, 0.25) is 0 Å². The van der Waals surface area contributed by atoms with Crippen LogP contribution < -0.4 is 16.0 Å². The standard InChI is InChI=1S/C16H19N3/c1-12-6-8-13(9-7-12)17-10-14-11-18-15-4-2-3-5-16(15)19-14/h2-9,14,17-19H,10-11H2,1H3. The van der Waals surface area contributed by atoms with Crippen molar-refractivity contribution in [2.24, 2.45) is 0 Å². The van der Waals surface area contributed by atoms with E-state index >= 15 is 0 Å². The molecule has 1 aliphatic rings.